The highest BCUT2D eigenvalue weighted by molar-refractivity contribution is 7.99. The van der Waals surface area contributed by atoms with E-state index in [1.54, 1.807) is 18.8 Å². The summed E-state index contributed by atoms with van der Waals surface area (Å²) in [4.78, 5) is 26.5. The molecule has 2 rings (SSSR count). The number of rotatable bonds is 4. The van der Waals surface area contributed by atoms with Crippen molar-refractivity contribution in [1.29, 1.82) is 0 Å². The van der Waals surface area contributed by atoms with E-state index in [-0.39, 0.29) is 0 Å². The Bertz CT molecular complexity index is 568. The molecule has 6 nitrogen and oxygen atoms in total. The van der Waals surface area contributed by atoms with Gasteiger partial charge in [-0.3, -0.25) is 19.4 Å². The number of thioether (sulfide) groups is 1. The summed E-state index contributed by atoms with van der Waals surface area (Å²) in [6.45, 7) is 5.30. The minimum absolute atomic E-state index is 0.378. The Morgan fingerprint density at radius 2 is 2.20 bits per heavy atom. The van der Waals surface area contributed by atoms with Crippen molar-refractivity contribution in [3.8, 4) is 0 Å². The first-order valence-corrected chi connectivity index (χ1v) is 7.96. The van der Waals surface area contributed by atoms with Crippen LogP contribution in [0, 0.1) is 5.92 Å². The molecule has 1 aliphatic rings. The van der Waals surface area contributed by atoms with E-state index >= 15 is 0 Å². The van der Waals surface area contributed by atoms with Crippen LogP contribution in [-0.4, -0.2) is 32.6 Å². The van der Waals surface area contributed by atoms with Crippen LogP contribution in [0.15, 0.2) is 14.7 Å². The molecule has 1 heterocycles. The number of nitrogens with zero attached hydrogens (tertiary/aromatic N) is 2. The minimum Gasteiger partial charge on any atom is -0.313 e. The largest absolute Gasteiger partial charge is 0.339 e. The maximum Gasteiger partial charge on any atom is 0.339 e. The minimum atomic E-state index is -0.713. The Labute approximate surface area is 122 Å². The summed E-state index contributed by atoms with van der Waals surface area (Å²) in [5.74, 6) is 0.683. The molecule has 3 unspecified atom stereocenters. The molecule has 1 saturated carbocycles. The van der Waals surface area contributed by atoms with E-state index in [1.807, 2.05) is 0 Å². The lowest BCUT2D eigenvalue weighted by Crippen LogP contribution is -2.43. The summed E-state index contributed by atoms with van der Waals surface area (Å²) in [5.41, 5.74) is -1.38. The summed E-state index contributed by atoms with van der Waals surface area (Å²) in [6.07, 6.45) is 3.47. The summed E-state index contributed by atoms with van der Waals surface area (Å²) in [5, 5.41) is 6.97. The Kier molecular flexibility index (Phi) is 5.04. The molecule has 3 atom stereocenters. The molecule has 112 valence electrons. The molecular formula is C13H22N4O2S. The lowest BCUT2D eigenvalue weighted by molar-refractivity contribution is 0.320. The predicted octanol–water partition coefficient (Wildman–Crippen LogP) is 0.727. The Morgan fingerprint density at radius 3 is 2.90 bits per heavy atom. The highest BCUT2D eigenvalue weighted by Crippen LogP contribution is 2.34. The van der Waals surface area contributed by atoms with Gasteiger partial charge in [0.25, 0.3) is 0 Å². The maximum absolute atomic E-state index is 11.4. The highest BCUT2D eigenvalue weighted by Gasteiger charge is 2.29. The van der Waals surface area contributed by atoms with E-state index < -0.39 is 11.1 Å². The van der Waals surface area contributed by atoms with Crippen molar-refractivity contribution >= 4 is 11.8 Å². The van der Waals surface area contributed by atoms with Crippen molar-refractivity contribution in [3.63, 3.8) is 0 Å². The summed E-state index contributed by atoms with van der Waals surface area (Å²) in [6, 6.07) is 0.435. The molecule has 0 saturated heterocycles. The van der Waals surface area contributed by atoms with Gasteiger partial charge in [0.2, 0.25) is 0 Å². The van der Waals surface area contributed by atoms with Gasteiger partial charge in [0.15, 0.2) is 5.16 Å². The van der Waals surface area contributed by atoms with Gasteiger partial charge in [0, 0.05) is 18.3 Å². The maximum atomic E-state index is 11.4. The average Bonchev–Trinajstić information content (AvgIpc) is 2.39. The lowest BCUT2D eigenvalue weighted by Gasteiger charge is -2.34. The van der Waals surface area contributed by atoms with Gasteiger partial charge in [-0.25, -0.2) is 0 Å². The molecule has 0 amide bonds. The van der Waals surface area contributed by atoms with Crippen molar-refractivity contribution in [2.75, 3.05) is 6.54 Å². The van der Waals surface area contributed by atoms with Crippen LogP contribution in [0.25, 0.3) is 0 Å². The normalized spacial score (nSPS) is 26.6. The van der Waals surface area contributed by atoms with Crippen LogP contribution in [0.1, 0.15) is 33.1 Å². The standard InChI is InChI=1S/C13H22N4O2S/c1-4-14-9-6-5-8(2)7-10(9)20-13-15-11(18)12(19)16-17(13)3/h8-10,14H,4-7H2,1-3H3,(H,16,19). The van der Waals surface area contributed by atoms with Crippen molar-refractivity contribution < 1.29 is 0 Å². The van der Waals surface area contributed by atoms with E-state index in [1.165, 1.54) is 11.1 Å². The van der Waals surface area contributed by atoms with Gasteiger partial charge < -0.3 is 5.32 Å². The Balaban J connectivity index is 2.19. The molecule has 1 aliphatic carbocycles. The van der Waals surface area contributed by atoms with Crippen LogP contribution in [-0.2, 0) is 7.05 Å². The van der Waals surface area contributed by atoms with Gasteiger partial charge in [-0.15, -0.1) is 0 Å². The number of aromatic nitrogens is 3. The topological polar surface area (TPSA) is 79.8 Å². The molecule has 0 bridgehead atoms. The number of hydrogen-bond acceptors (Lipinski definition) is 5. The van der Waals surface area contributed by atoms with E-state index in [2.05, 4.69) is 29.2 Å². The molecule has 1 aromatic rings. The van der Waals surface area contributed by atoms with Gasteiger partial charge in [-0.05, 0) is 31.7 Å². The molecule has 1 aromatic heterocycles. The molecule has 2 N–H and O–H groups in total. The molecule has 0 aromatic carbocycles. The zero-order chi connectivity index (χ0) is 14.7. The monoisotopic (exact) mass is 298 g/mol. The third-order valence-electron chi connectivity index (χ3n) is 3.72. The zero-order valence-corrected chi connectivity index (χ0v) is 13.0. The Morgan fingerprint density at radius 1 is 1.45 bits per heavy atom. The van der Waals surface area contributed by atoms with Crippen LogP contribution >= 0.6 is 11.8 Å². The van der Waals surface area contributed by atoms with E-state index in [4.69, 9.17) is 0 Å². The van der Waals surface area contributed by atoms with Crippen LogP contribution in [0.5, 0.6) is 0 Å². The fraction of sp³-hybridized carbons (Fsp3) is 0.769. The fourth-order valence-corrected chi connectivity index (χ4v) is 4.09. The molecule has 0 aliphatic heterocycles. The molecule has 1 fully saturated rings. The SMILES string of the molecule is CCNC1CCC(C)CC1Sc1nc(=O)c(=O)[nH]n1C. The molecule has 20 heavy (non-hydrogen) atoms. The summed E-state index contributed by atoms with van der Waals surface area (Å²) in [7, 11) is 1.71. The third-order valence-corrected chi connectivity index (χ3v) is 5.12. The van der Waals surface area contributed by atoms with Gasteiger partial charge >= 0.3 is 11.1 Å². The van der Waals surface area contributed by atoms with Crippen LogP contribution < -0.4 is 16.4 Å². The smallest absolute Gasteiger partial charge is 0.313 e. The first-order chi connectivity index (χ1) is 9.51. The van der Waals surface area contributed by atoms with Gasteiger partial charge in [0.1, 0.15) is 0 Å². The van der Waals surface area contributed by atoms with E-state index in [9.17, 15) is 9.59 Å². The van der Waals surface area contributed by atoms with Gasteiger partial charge in [0.05, 0.1) is 0 Å². The fourth-order valence-electron chi connectivity index (χ4n) is 2.66. The van der Waals surface area contributed by atoms with Crippen LogP contribution in [0.2, 0.25) is 0 Å². The molecule has 0 radical (unpaired) electrons. The number of aromatic amines is 1. The van der Waals surface area contributed by atoms with Crippen LogP contribution in [0.3, 0.4) is 0 Å². The number of aryl methyl sites for hydroxylation is 1. The summed E-state index contributed by atoms with van der Waals surface area (Å²) >= 11 is 1.59. The lowest BCUT2D eigenvalue weighted by atomic mass is 9.87. The number of hydrogen-bond donors (Lipinski definition) is 2. The van der Waals surface area contributed by atoms with Crippen molar-refractivity contribution in [2.45, 2.75) is 49.6 Å². The van der Waals surface area contributed by atoms with Gasteiger partial charge in [-0.2, -0.15) is 4.98 Å². The first kappa shape index (κ1) is 15.3. The second-order valence-electron chi connectivity index (χ2n) is 5.44. The van der Waals surface area contributed by atoms with Crippen molar-refractivity contribution in [1.82, 2.24) is 20.1 Å². The van der Waals surface area contributed by atoms with E-state index in [0.29, 0.717) is 22.4 Å². The second kappa shape index (κ2) is 6.58. The second-order valence-corrected chi connectivity index (χ2v) is 6.64. The molecule has 0 spiro atoms. The van der Waals surface area contributed by atoms with E-state index in [0.717, 1.165) is 19.4 Å². The predicted molar refractivity (Wildman–Crippen MR) is 80.2 cm³/mol. The summed E-state index contributed by atoms with van der Waals surface area (Å²) < 4.78 is 1.54. The molecule has 7 heteroatoms. The zero-order valence-electron chi connectivity index (χ0n) is 12.2. The highest BCUT2D eigenvalue weighted by atomic mass is 32.2. The third kappa shape index (κ3) is 3.52. The Hall–Kier alpha value is -1.08. The van der Waals surface area contributed by atoms with Crippen LogP contribution in [0.4, 0.5) is 0 Å². The molecular weight excluding hydrogens is 276 g/mol. The van der Waals surface area contributed by atoms with Crippen molar-refractivity contribution in [2.24, 2.45) is 13.0 Å². The van der Waals surface area contributed by atoms with Crippen molar-refractivity contribution in [3.05, 3.63) is 20.7 Å². The average molecular weight is 298 g/mol. The first-order valence-electron chi connectivity index (χ1n) is 7.08. The number of H-pyrrole nitrogens is 1. The quantitative estimate of drug-likeness (QED) is 0.801. The number of nitrogens with one attached hydrogen (secondary N) is 2. The van der Waals surface area contributed by atoms with Gasteiger partial charge in [-0.1, -0.05) is 25.6 Å².